The van der Waals surface area contributed by atoms with Crippen molar-refractivity contribution in [3.8, 4) is 5.69 Å². The number of rotatable bonds is 4. The summed E-state index contributed by atoms with van der Waals surface area (Å²) >= 11 is 1.61. The summed E-state index contributed by atoms with van der Waals surface area (Å²) in [7, 11) is 0. The molecule has 1 fully saturated rings. The molecule has 0 saturated carbocycles. The molecule has 35 heavy (non-hydrogen) atoms. The van der Waals surface area contributed by atoms with E-state index in [1.165, 1.54) is 23.3 Å². The first-order valence-electron chi connectivity index (χ1n) is 12.3. The molecule has 4 aromatic rings. The number of amides is 1. The van der Waals surface area contributed by atoms with Crippen LogP contribution >= 0.6 is 11.3 Å². The molecule has 1 amide bonds. The van der Waals surface area contributed by atoms with Crippen LogP contribution in [0, 0.1) is 18.7 Å². The molecule has 1 saturated heterocycles. The SMILES string of the molecule is Cc1nn(-c2ccc(F)cc2)c2nc(N3CCC[C@H](C(=O)N[C@H]4CCCc5ccccc54)C3)sc12. The van der Waals surface area contributed by atoms with Gasteiger partial charge in [-0.3, -0.25) is 4.79 Å². The number of fused-ring (bicyclic) bond motifs is 2. The molecule has 180 valence electrons. The van der Waals surface area contributed by atoms with Crippen LogP contribution in [0.1, 0.15) is 48.5 Å². The first-order chi connectivity index (χ1) is 17.1. The summed E-state index contributed by atoms with van der Waals surface area (Å²) in [6, 6.07) is 14.9. The molecule has 1 aliphatic carbocycles. The monoisotopic (exact) mass is 489 g/mol. The number of hydrogen-bond donors (Lipinski definition) is 1. The average Bonchev–Trinajstić information content (AvgIpc) is 3.45. The number of nitrogens with zero attached hydrogens (tertiary/aromatic N) is 4. The second kappa shape index (κ2) is 9.07. The van der Waals surface area contributed by atoms with Gasteiger partial charge in [0.1, 0.15) is 5.82 Å². The number of piperidine rings is 1. The number of carbonyl (C=O) groups excluding carboxylic acids is 1. The molecule has 6 nitrogen and oxygen atoms in total. The molecule has 3 heterocycles. The summed E-state index contributed by atoms with van der Waals surface area (Å²) in [4.78, 5) is 20.4. The summed E-state index contributed by atoms with van der Waals surface area (Å²) in [5.74, 6) is -0.187. The van der Waals surface area contributed by atoms with Crippen LogP contribution in [0.3, 0.4) is 0 Å². The zero-order valence-electron chi connectivity index (χ0n) is 19.7. The molecule has 0 unspecified atom stereocenters. The number of nitrogens with one attached hydrogen (secondary N) is 1. The highest BCUT2D eigenvalue weighted by Crippen LogP contribution is 2.35. The zero-order chi connectivity index (χ0) is 23.9. The quantitative estimate of drug-likeness (QED) is 0.420. The van der Waals surface area contributed by atoms with E-state index in [0.717, 1.165) is 65.5 Å². The standard InChI is InChI=1S/C27H28FN5OS/c1-17-24-25(33(31-17)21-13-11-20(28)12-14-21)30-27(35-24)32-15-5-8-19(16-32)26(34)29-23-10-4-7-18-6-2-3-9-22(18)23/h2-3,6,9,11-14,19,23H,4-5,7-8,10,15-16H2,1H3,(H,29,34)/t19-,23-/m0/s1. The third kappa shape index (κ3) is 4.20. The number of benzene rings is 2. The maximum atomic E-state index is 13.4. The number of hydrogen-bond acceptors (Lipinski definition) is 5. The maximum Gasteiger partial charge on any atom is 0.225 e. The van der Waals surface area contributed by atoms with Crippen molar-refractivity contribution < 1.29 is 9.18 Å². The predicted molar refractivity (Wildman–Crippen MR) is 137 cm³/mol. The predicted octanol–water partition coefficient (Wildman–Crippen LogP) is 5.34. The van der Waals surface area contributed by atoms with Crippen LogP contribution in [0.5, 0.6) is 0 Å². The Bertz CT molecular complexity index is 1380. The molecule has 2 aromatic heterocycles. The summed E-state index contributed by atoms with van der Waals surface area (Å²) in [5, 5.41) is 8.89. The molecule has 1 aliphatic heterocycles. The van der Waals surface area contributed by atoms with E-state index in [-0.39, 0.29) is 23.7 Å². The van der Waals surface area contributed by atoms with Crippen molar-refractivity contribution in [2.45, 2.75) is 45.1 Å². The third-order valence-electron chi connectivity index (χ3n) is 7.20. The van der Waals surface area contributed by atoms with Gasteiger partial charge in [-0.25, -0.2) is 9.07 Å². The van der Waals surface area contributed by atoms with Crippen LogP contribution in [0.2, 0.25) is 0 Å². The fourth-order valence-electron chi connectivity index (χ4n) is 5.38. The van der Waals surface area contributed by atoms with Gasteiger partial charge in [-0.05, 0) is 74.4 Å². The van der Waals surface area contributed by atoms with Gasteiger partial charge in [0.2, 0.25) is 5.91 Å². The number of halogens is 1. The smallest absolute Gasteiger partial charge is 0.225 e. The second-order valence-corrected chi connectivity index (χ2v) is 10.5. The van der Waals surface area contributed by atoms with Gasteiger partial charge in [-0.2, -0.15) is 10.1 Å². The highest BCUT2D eigenvalue weighted by Gasteiger charge is 2.31. The van der Waals surface area contributed by atoms with Crippen molar-refractivity contribution in [2.75, 3.05) is 18.0 Å². The molecule has 0 spiro atoms. The Hall–Kier alpha value is -3.26. The van der Waals surface area contributed by atoms with E-state index in [9.17, 15) is 9.18 Å². The first-order valence-corrected chi connectivity index (χ1v) is 13.1. The Morgan fingerprint density at radius 2 is 1.94 bits per heavy atom. The minimum Gasteiger partial charge on any atom is -0.349 e. The number of thiazole rings is 1. The summed E-state index contributed by atoms with van der Waals surface area (Å²) in [6.07, 6.45) is 5.04. The Morgan fingerprint density at radius 1 is 1.11 bits per heavy atom. The number of aryl methyl sites for hydroxylation is 2. The fraction of sp³-hybridized carbons (Fsp3) is 0.370. The van der Waals surface area contributed by atoms with E-state index in [1.807, 2.05) is 6.92 Å². The normalized spacial score (nSPS) is 20.1. The largest absolute Gasteiger partial charge is 0.349 e. The molecule has 2 aromatic carbocycles. The third-order valence-corrected chi connectivity index (χ3v) is 8.41. The van der Waals surface area contributed by atoms with Gasteiger partial charge in [0, 0.05) is 13.1 Å². The molecule has 8 heteroatoms. The Balaban J connectivity index is 1.21. The molecular formula is C27H28FN5OS. The zero-order valence-corrected chi connectivity index (χ0v) is 20.5. The minimum absolute atomic E-state index is 0.0560. The molecule has 0 bridgehead atoms. The highest BCUT2D eigenvalue weighted by molar-refractivity contribution is 7.22. The van der Waals surface area contributed by atoms with Crippen molar-refractivity contribution in [2.24, 2.45) is 5.92 Å². The van der Waals surface area contributed by atoms with Crippen LogP contribution in [0.4, 0.5) is 9.52 Å². The van der Waals surface area contributed by atoms with E-state index in [1.54, 1.807) is 28.2 Å². The van der Waals surface area contributed by atoms with E-state index >= 15 is 0 Å². The highest BCUT2D eigenvalue weighted by atomic mass is 32.1. The van der Waals surface area contributed by atoms with Gasteiger partial charge < -0.3 is 10.2 Å². The average molecular weight is 490 g/mol. The lowest BCUT2D eigenvalue weighted by Crippen LogP contribution is -2.44. The Labute approximate surface area is 207 Å². The first kappa shape index (κ1) is 22.2. The van der Waals surface area contributed by atoms with Crippen molar-refractivity contribution >= 4 is 32.7 Å². The second-order valence-electron chi connectivity index (χ2n) is 9.56. The van der Waals surface area contributed by atoms with Crippen LogP contribution in [0.25, 0.3) is 16.0 Å². The Morgan fingerprint density at radius 3 is 2.80 bits per heavy atom. The number of anilines is 1. The van der Waals surface area contributed by atoms with E-state index in [0.29, 0.717) is 6.54 Å². The van der Waals surface area contributed by atoms with Crippen molar-refractivity contribution in [3.05, 3.63) is 71.2 Å². The Kier molecular flexibility index (Phi) is 5.76. The van der Waals surface area contributed by atoms with Crippen molar-refractivity contribution in [1.29, 1.82) is 0 Å². The van der Waals surface area contributed by atoms with Crippen LogP contribution in [-0.2, 0) is 11.2 Å². The van der Waals surface area contributed by atoms with E-state index in [4.69, 9.17) is 4.98 Å². The van der Waals surface area contributed by atoms with Crippen molar-refractivity contribution in [3.63, 3.8) is 0 Å². The van der Waals surface area contributed by atoms with Crippen LogP contribution < -0.4 is 10.2 Å². The van der Waals surface area contributed by atoms with Crippen molar-refractivity contribution in [1.82, 2.24) is 20.1 Å². The number of carbonyl (C=O) groups is 1. The molecule has 6 rings (SSSR count). The van der Waals surface area contributed by atoms with Gasteiger partial charge in [0.05, 0.1) is 28.0 Å². The maximum absolute atomic E-state index is 13.4. The lowest BCUT2D eigenvalue weighted by atomic mass is 9.87. The lowest BCUT2D eigenvalue weighted by molar-refractivity contribution is -0.126. The fourth-order valence-corrected chi connectivity index (χ4v) is 6.40. The van der Waals surface area contributed by atoms with Gasteiger partial charge in [0.15, 0.2) is 10.8 Å². The van der Waals surface area contributed by atoms with Gasteiger partial charge in [-0.1, -0.05) is 35.6 Å². The molecule has 2 aliphatic rings. The molecule has 0 radical (unpaired) electrons. The minimum atomic E-state index is -0.276. The van der Waals surface area contributed by atoms with Gasteiger partial charge in [0.25, 0.3) is 0 Å². The van der Waals surface area contributed by atoms with E-state index < -0.39 is 0 Å². The molecule has 2 atom stereocenters. The van der Waals surface area contributed by atoms with Crippen LogP contribution in [-0.4, -0.2) is 33.8 Å². The summed E-state index contributed by atoms with van der Waals surface area (Å²) < 4.78 is 16.2. The van der Waals surface area contributed by atoms with Gasteiger partial charge in [-0.15, -0.1) is 0 Å². The topological polar surface area (TPSA) is 63.1 Å². The molecular weight excluding hydrogens is 461 g/mol. The summed E-state index contributed by atoms with van der Waals surface area (Å²) in [6.45, 7) is 3.52. The van der Waals surface area contributed by atoms with Crippen LogP contribution in [0.15, 0.2) is 48.5 Å². The lowest BCUT2D eigenvalue weighted by Gasteiger charge is -2.33. The number of aromatic nitrogens is 3. The van der Waals surface area contributed by atoms with Gasteiger partial charge >= 0.3 is 0 Å². The van der Waals surface area contributed by atoms with E-state index in [2.05, 4.69) is 39.6 Å². The molecule has 1 N–H and O–H groups in total. The summed E-state index contributed by atoms with van der Waals surface area (Å²) in [5.41, 5.74) is 5.08.